The Morgan fingerprint density at radius 3 is 2.57 bits per heavy atom. The van der Waals surface area contributed by atoms with Crippen molar-refractivity contribution in [3.05, 3.63) is 12.0 Å². The van der Waals surface area contributed by atoms with Gasteiger partial charge in [0.1, 0.15) is 5.82 Å². The van der Waals surface area contributed by atoms with E-state index in [4.69, 9.17) is 5.73 Å². The van der Waals surface area contributed by atoms with Gasteiger partial charge in [-0.25, -0.2) is 4.98 Å². The molecule has 0 aliphatic rings. The number of imidazole rings is 1. The van der Waals surface area contributed by atoms with Crippen LogP contribution in [0.5, 0.6) is 0 Å². The average molecular weight is 213 g/mol. The van der Waals surface area contributed by atoms with E-state index in [-0.39, 0.29) is 5.54 Å². The van der Waals surface area contributed by atoms with Gasteiger partial charge in [-0.2, -0.15) is 11.8 Å². The van der Waals surface area contributed by atoms with Gasteiger partial charge in [-0.15, -0.1) is 0 Å². The van der Waals surface area contributed by atoms with Crippen molar-refractivity contribution in [1.29, 1.82) is 0 Å². The number of nitrogen functional groups attached to an aromatic ring is 1. The Labute approximate surface area is 90.1 Å². The highest BCUT2D eigenvalue weighted by Crippen LogP contribution is 2.21. The predicted molar refractivity (Wildman–Crippen MR) is 63.7 cm³/mol. The molecule has 0 aliphatic heterocycles. The first-order valence-electron chi connectivity index (χ1n) is 4.78. The van der Waals surface area contributed by atoms with Crippen molar-refractivity contribution >= 4 is 17.6 Å². The molecule has 0 fully saturated rings. The summed E-state index contributed by atoms with van der Waals surface area (Å²) in [6.07, 6.45) is 4.89. The van der Waals surface area contributed by atoms with Gasteiger partial charge >= 0.3 is 0 Å². The van der Waals surface area contributed by atoms with Crippen molar-refractivity contribution in [1.82, 2.24) is 9.55 Å². The van der Waals surface area contributed by atoms with Crippen LogP contribution < -0.4 is 5.73 Å². The maximum atomic E-state index is 6.02. The lowest BCUT2D eigenvalue weighted by molar-refractivity contribution is 0.402. The molecular weight excluding hydrogens is 194 g/mol. The first-order valence-corrected chi connectivity index (χ1v) is 6.17. The number of thioether (sulfide) groups is 1. The van der Waals surface area contributed by atoms with Crippen molar-refractivity contribution < 1.29 is 0 Å². The lowest BCUT2D eigenvalue weighted by Crippen LogP contribution is -2.22. The van der Waals surface area contributed by atoms with Crippen molar-refractivity contribution in [2.75, 3.05) is 17.7 Å². The van der Waals surface area contributed by atoms with E-state index in [0.717, 1.165) is 23.7 Å². The Hall–Kier alpha value is -0.640. The highest BCUT2D eigenvalue weighted by molar-refractivity contribution is 7.98. The quantitative estimate of drug-likeness (QED) is 0.836. The van der Waals surface area contributed by atoms with Crippen LogP contribution in [-0.4, -0.2) is 21.6 Å². The van der Waals surface area contributed by atoms with E-state index < -0.39 is 0 Å². The number of aromatic nitrogens is 2. The topological polar surface area (TPSA) is 43.8 Å². The summed E-state index contributed by atoms with van der Waals surface area (Å²) in [7, 11) is 0. The third kappa shape index (κ3) is 2.44. The fourth-order valence-electron chi connectivity index (χ4n) is 1.32. The first kappa shape index (κ1) is 11.4. The molecule has 0 amide bonds. The molecule has 0 aliphatic carbocycles. The maximum Gasteiger partial charge on any atom is 0.127 e. The van der Waals surface area contributed by atoms with Crippen molar-refractivity contribution in [2.24, 2.45) is 0 Å². The molecule has 80 valence electrons. The molecule has 0 radical (unpaired) electrons. The minimum Gasteiger partial charge on any atom is -0.384 e. The number of anilines is 1. The van der Waals surface area contributed by atoms with Crippen LogP contribution in [0.3, 0.4) is 0 Å². The lowest BCUT2D eigenvalue weighted by atomic mass is 10.1. The molecule has 1 rings (SSSR count). The Bertz CT molecular complexity index is 299. The van der Waals surface area contributed by atoms with Crippen molar-refractivity contribution in [3.8, 4) is 0 Å². The van der Waals surface area contributed by atoms with Gasteiger partial charge in [0.05, 0.1) is 12.0 Å². The fourth-order valence-corrected chi connectivity index (χ4v) is 1.72. The molecule has 1 heterocycles. The summed E-state index contributed by atoms with van der Waals surface area (Å²) < 4.78 is 2.03. The zero-order chi connectivity index (χ0) is 10.8. The average Bonchev–Trinajstić information content (AvgIpc) is 2.42. The molecule has 0 unspecified atom stereocenters. The van der Waals surface area contributed by atoms with Crippen LogP contribution in [0.1, 0.15) is 26.5 Å². The largest absolute Gasteiger partial charge is 0.384 e. The molecule has 1 aromatic rings. The second-order valence-corrected chi connectivity index (χ2v) is 5.35. The molecule has 0 atom stereocenters. The van der Waals surface area contributed by atoms with E-state index >= 15 is 0 Å². The summed E-state index contributed by atoms with van der Waals surface area (Å²) in [6.45, 7) is 6.39. The fraction of sp³-hybridized carbons (Fsp3) is 0.700. The minimum absolute atomic E-state index is 0.0225. The molecule has 0 bridgehead atoms. The monoisotopic (exact) mass is 213 g/mol. The summed E-state index contributed by atoms with van der Waals surface area (Å²) in [6, 6.07) is 0. The second kappa shape index (κ2) is 4.26. The molecule has 1 aromatic heterocycles. The number of aryl methyl sites for hydroxylation is 1. The summed E-state index contributed by atoms with van der Waals surface area (Å²) in [5.41, 5.74) is 7.07. The first-order chi connectivity index (χ1) is 6.46. The van der Waals surface area contributed by atoms with Crippen LogP contribution in [0.2, 0.25) is 0 Å². The Morgan fingerprint density at radius 2 is 2.14 bits per heavy atom. The third-order valence-electron chi connectivity index (χ3n) is 2.15. The van der Waals surface area contributed by atoms with E-state index in [9.17, 15) is 0 Å². The Kier molecular flexibility index (Phi) is 3.48. The standard InChI is InChI=1S/C10H19N3S/c1-10(2,3)13-7-12-8(9(13)11)5-6-14-4/h7H,5-6,11H2,1-4H3. The zero-order valence-electron chi connectivity index (χ0n) is 9.37. The van der Waals surface area contributed by atoms with Crippen LogP contribution in [0.25, 0.3) is 0 Å². The van der Waals surface area contributed by atoms with Crippen molar-refractivity contribution in [3.63, 3.8) is 0 Å². The van der Waals surface area contributed by atoms with Crippen LogP contribution in [0.4, 0.5) is 5.82 Å². The minimum atomic E-state index is 0.0225. The van der Waals surface area contributed by atoms with Crippen LogP contribution in [-0.2, 0) is 12.0 Å². The van der Waals surface area contributed by atoms with E-state index in [2.05, 4.69) is 32.0 Å². The smallest absolute Gasteiger partial charge is 0.127 e. The predicted octanol–water partition coefficient (Wildman–Crippen LogP) is 2.13. The van der Waals surface area contributed by atoms with Gasteiger partial charge < -0.3 is 10.3 Å². The summed E-state index contributed by atoms with van der Waals surface area (Å²) >= 11 is 1.82. The molecular formula is C10H19N3S. The van der Waals surface area contributed by atoms with Crippen molar-refractivity contribution in [2.45, 2.75) is 32.7 Å². The second-order valence-electron chi connectivity index (χ2n) is 4.36. The maximum absolute atomic E-state index is 6.02. The zero-order valence-corrected chi connectivity index (χ0v) is 10.2. The van der Waals surface area contributed by atoms with Gasteiger partial charge in [-0.3, -0.25) is 0 Å². The van der Waals surface area contributed by atoms with Gasteiger partial charge in [-0.1, -0.05) is 0 Å². The molecule has 4 heteroatoms. The molecule has 3 nitrogen and oxygen atoms in total. The molecule has 0 aromatic carbocycles. The summed E-state index contributed by atoms with van der Waals surface area (Å²) in [4.78, 5) is 4.34. The van der Waals surface area contributed by atoms with Gasteiger partial charge in [0.25, 0.3) is 0 Å². The Balaban J connectivity index is 2.86. The Morgan fingerprint density at radius 1 is 1.50 bits per heavy atom. The molecule has 2 N–H and O–H groups in total. The van der Waals surface area contributed by atoms with Gasteiger partial charge in [0.15, 0.2) is 0 Å². The third-order valence-corrected chi connectivity index (χ3v) is 2.76. The summed E-state index contributed by atoms with van der Waals surface area (Å²) in [5.74, 6) is 1.89. The lowest BCUT2D eigenvalue weighted by Gasteiger charge is -2.22. The van der Waals surface area contributed by atoms with E-state index in [1.165, 1.54) is 0 Å². The highest BCUT2D eigenvalue weighted by Gasteiger charge is 2.17. The number of rotatable bonds is 3. The van der Waals surface area contributed by atoms with E-state index in [1.807, 2.05) is 22.7 Å². The number of nitrogens with zero attached hydrogens (tertiary/aromatic N) is 2. The molecule has 0 saturated heterocycles. The van der Waals surface area contributed by atoms with E-state index in [1.54, 1.807) is 0 Å². The molecule has 0 saturated carbocycles. The van der Waals surface area contributed by atoms with Crippen LogP contribution >= 0.6 is 11.8 Å². The molecule has 0 spiro atoms. The molecule has 14 heavy (non-hydrogen) atoms. The van der Waals surface area contributed by atoms with Gasteiger partial charge in [-0.05, 0) is 32.8 Å². The van der Waals surface area contributed by atoms with Crippen LogP contribution in [0, 0.1) is 0 Å². The van der Waals surface area contributed by atoms with Gasteiger partial charge in [0.2, 0.25) is 0 Å². The van der Waals surface area contributed by atoms with Gasteiger partial charge in [0, 0.05) is 12.0 Å². The number of hydrogen-bond acceptors (Lipinski definition) is 3. The van der Waals surface area contributed by atoms with E-state index in [0.29, 0.717) is 0 Å². The van der Waals surface area contributed by atoms with Crippen LogP contribution in [0.15, 0.2) is 6.33 Å². The SMILES string of the molecule is CSCCc1ncn(C(C)(C)C)c1N. The summed E-state index contributed by atoms with van der Waals surface area (Å²) in [5, 5.41) is 0. The number of hydrogen-bond donors (Lipinski definition) is 1. The number of nitrogens with two attached hydrogens (primary N) is 1. The highest BCUT2D eigenvalue weighted by atomic mass is 32.2. The normalized spacial score (nSPS) is 12.0.